The van der Waals surface area contributed by atoms with Crippen LogP contribution in [0, 0.1) is 0 Å². The summed E-state index contributed by atoms with van der Waals surface area (Å²) in [7, 11) is -0.270. The van der Waals surface area contributed by atoms with Gasteiger partial charge in [-0.15, -0.1) is 0 Å². The van der Waals surface area contributed by atoms with Crippen LogP contribution in [0.15, 0.2) is 29.2 Å². The molecule has 0 fully saturated rings. The molecular formula is C15H26N2O2S2. The highest BCUT2D eigenvalue weighted by atomic mass is 32.2. The molecule has 1 atom stereocenters. The summed E-state index contributed by atoms with van der Waals surface area (Å²) in [5.74, 6) is 0. The molecule has 0 heterocycles. The number of benzene rings is 1. The van der Waals surface area contributed by atoms with Gasteiger partial charge in [0.15, 0.2) is 0 Å². The first-order valence-electron chi connectivity index (χ1n) is 6.91. The summed E-state index contributed by atoms with van der Waals surface area (Å²) in [5, 5.41) is 3.49. The van der Waals surface area contributed by atoms with Crippen molar-refractivity contribution in [2.24, 2.45) is 0 Å². The largest absolute Gasteiger partial charge is 0.309 e. The Morgan fingerprint density at radius 2 is 1.76 bits per heavy atom. The zero-order chi connectivity index (χ0) is 16.3. The molecule has 0 amide bonds. The van der Waals surface area contributed by atoms with Crippen molar-refractivity contribution in [3.8, 4) is 0 Å². The first kappa shape index (κ1) is 18.5. The summed E-state index contributed by atoms with van der Waals surface area (Å²) < 4.78 is 25.4. The van der Waals surface area contributed by atoms with Crippen molar-refractivity contribution in [1.82, 2.24) is 9.62 Å². The lowest BCUT2D eigenvalue weighted by atomic mass is 10.1. The Balaban J connectivity index is 2.79. The summed E-state index contributed by atoms with van der Waals surface area (Å²) in [4.78, 5) is 0.327. The molecule has 120 valence electrons. The van der Waals surface area contributed by atoms with Crippen LogP contribution >= 0.6 is 11.8 Å². The minimum atomic E-state index is -3.35. The van der Waals surface area contributed by atoms with E-state index in [1.165, 1.54) is 18.4 Å². The number of nitrogens with one attached hydrogen (secondary N) is 1. The zero-order valence-corrected chi connectivity index (χ0v) is 15.3. The molecule has 4 nitrogen and oxygen atoms in total. The topological polar surface area (TPSA) is 49.4 Å². The van der Waals surface area contributed by atoms with Gasteiger partial charge in [-0.1, -0.05) is 12.1 Å². The van der Waals surface area contributed by atoms with Gasteiger partial charge in [-0.3, -0.25) is 0 Å². The average molecular weight is 331 g/mol. The molecule has 0 radical (unpaired) electrons. The standard InChI is InChI=1S/C15H26N2O2S2/c1-12(16-11-15(2,3)20-6)13-7-9-14(10-8-13)21(18,19)17(4)5/h7-10,12,16H,11H2,1-6H3. The van der Waals surface area contributed by atoms with Crippen LogP contribution in [0.1, 0.15) is 32.4 Å². The monoisotopic (exact) mass is 330 g/mol. The fourth-order valence-corrected chi connectivity index (χ4v) is 2.86. The second-order valence-electron chi connectivity index (χ2n) is 5.92. The van der Waals surface area contributed by atoms with Crippen molar-refractivity contribution < 1.29 is 8.42 Å². The second-order valence-corrected chi connectivity index (χ2v) is 9.59. The summed E-state index contributed by atoms with van der Waals surface area (Å²) in [6.45, 7) is 7.38. The predicted molar refractivity (Wildman–Crippen MR) is 91.3 cm³/mol. The van der Waals surface area contributed by atoms with Crippen molar-refractivity contribution in [3.63, 3.8) is 0 Å². The van der Waals surface area contributed by atoms with Crippen LogP contribution in [-0.4, -0.2) is 44.4 Å². The highest BCUT2D eigenvalue weighted by molar-refractivity contribution is 7.99. The van der Waals surface area contributed by atoms with Gasteiger partial charge in [-0.25, -0.2) is 12.7 Å². The summed E-state index contributed by atoms with van der Waals surface area (Å²) in [5.41, 5.74) is 1.09. The van der Waals surface area contributed by atoms with Gasteiger partial charge in [0.1, 0.15) is 0 Å². The number of hydrogen-bond acceptors (Lipinski definition) is 4. The Morgan fingerprint density at radius 1 is 1.24 bits per heavy atom. The van der Waals surface area contributed by atoms with E-state index in [2.05, 4.69) is 32.3 Å². The summed E-state index contributed by atoms with van der Waals surface area (Å²) >= 11 is 1.83. The van der Waals surface area contributed by atoms with Crippen LogP contribution in [0.4, 0.5) is 0 Å². The average Bonchev–Trinajstić information content (AvgIpc) is 2.44. The third kappa shape index (κ3) is 4.98. The Labute approximate surface area is 133 Å². The van der Waals surface area contributed by atoms with Crippen LogP contribution in [-0.2, 0) is 10.0 Å². The molecule has 1 rings (SSSR count). The van der Waals surface area contributed by atoms with Gasteiger partial charge in [0.2, 0.25) is 10.0 Å². The van der Waals surface area contributed by atoms with Gasteiger partial charge in [-0.05, 0) is 44.7 Å². The van der Waals surface area contributed by atoms with Crippen LogP contribution in [0.2, 0.25) is 0 Å². The third-order valence-corrected chi connectivity index (χ3v) is 6.62. The minimum absolute atomic E-state index is 0.183. The maximum Gasteiger partial charge on any atom is 0.242 e. The second kappa shape index (κ2) is 7.13. The van der Waals surface area contributed by atoms with Crippen LogP contribution in [0.25, 0.3) is 0 Å². The SMILES string of the molecule is CSC(C)(C)CNC(C)c1ccc(S(=O)(=O)N(C)C)cc1. The molecule has 0 aliphatic heterocycles. The van der Waals surface area contributed by atoms with Crippen molar-refractivity contribution in [1.29, 1.82) is 0 Å². The molecule has 0 aliphatic carbocycles. The van der Waals surface area contributed by atoms with Gasteiger partial charge in [0.05, 0.1) is 4.90 Å². The molecule has 0 saturated heterocycles. The van der Waals surface area contributed by atoms with E-state index >= 15 is 0 Å². The number of hydrogen-bond donors (Lipinski definition) is 1. The van der Waals surface area contributed by atoms with E-state index in [9.17, 15) is 8.42 Å². The van der Waals surface area contributed by atoms with Gasteiger partial charge in [0.25, 0.3) is 0 Å². The van der Waals surface area contributed by atoms with Crippen molar-refractivity contribution in [2.75, 3.05) is 26.9 Å². The molecule has 1 unspecified atom stereocenters. The fourth-order valence-electron chi connectivity index (χ4n) is 1.73. The Morgan fingerprint density at radius 3 is 2.19 bits per heavy atom. The molecule has 0 spiro atoms. The highest BCUT2D eigenvalue weighted by Gasteiger charge is 2.19. The molecule has 0 saturated carbocycles. The molecule has 1 aromatic carbocycles. The normalized spacial score (nSPS) is 14.4. The minimum Gasteiger partial charge on any atom is -0.309 e. The van der Waals surface area contributed by atoms with E-state index in [-0.39, 0.29) is 10.8 Å². The Kier molecular flexibility index (Phi) is 6.28. The van der Waals surface area contributed by atoms with Gasteiger partial charge in [0, 0.05) is 31.4 Å². The Hall–Kier alpha value is -0.560. The van der Waals surface area contributed by atoms with Crippen molar-refractivity contribution >= 4 is 21.8 Å². The van der Waals surface area contributed by atoms with E-state index < -0.39 is 10.0 Å². The van der Waals surface area contributed by atoms with Crippen LogP contribution in [0.5, 0.6) is 0 Å². The smallest absolute Gasteiger partial charge is 0.242 e. The molecule has 0 aliphatic rings. The van der Waals surface area contributed by atoms with Gasteiger partial charge >= 0.3 is 0 Å². The highest BCUT2D eigenvalue weighted by Crippen LogP contribution is 2.22. The van der Waals surface area contributed by atoms with E-state index in [0.717, 1.165) is 12.1 Å². The van der Waals surface area contributed by atoms with E-state index in [0.29, 0.717) is 4.90 Å². The van der Waals surface area contributed by atoms with Gasteiger partial charge in [-0.2, -0.15) is 11.8 Å². The number of thioether (sulfide) groups is 1. The zero-order valence-electron chi connectivity index (χ0n) is 13.7. The molecule has 1 N–H and O–H groups in total. The number of rotatable bonds is 7. The lowest BCUT2D eigenvalue weighted by Gasteiger charge is -2.25. The first-order chi connectivity index (χ1) is 9.60. The number of nitrogens with zero attached hydrogens (tertiary/aromatic N) is 1. The number of sulfonamides is 1. The van der Waals surface area contributed by atoms with Gasteiger partial charge < -0.3 is 5.32 Å². The maximum absolute atomic E-state index is 12.0. The van der Waals surface area contributed by atoms with Crippen LogP contribution < -0.4 is 5.32 Å². The molecule has 1 aromatic rings. The van der Waals surface area contributed by atoms with E-state index in [1.54, 1.807) is 12.1 Å². The molecule has 21 heavy (non-hydrogen) atoms. The van der Waals surface area contributed by atoms with E-state index in [4.69, 9.17) is 0 Å². The Bertz CT molecular complexity index is 552. The van der Waals surface area contributed by atoms with E-state index in [1.807, 2.05) is 23.9 Å². The molecular weight excluding hydrogens is 304 g/mol. The fraction of sp³-hybridized carbons (Fsp3) is 0.600. The summed E-state index contributed by atoms with van der Waals surface area (Å²) in [6, 6.07) is 7.28. The quantitative estimate of drug-likeness (QED) is 0.835. The van der Waals surface area contributed by atoms with Crippen molar-refractivity contribution in [3.05, 3.63) is 29.8 Å². The van der Waals surface area contributed by atoms with Crippen molar-refractivity contribution in [2.45, 2.75) is 36.5 Å². The third-order valence-electron chi connectivity index (χ3n) is 3.55. The summed E-state index contributed by atoms with van der Waals surface area (Å²) in [6.07, 6.45) is 2.10. The lowest BCUT2D eigenvalue weighted by molar-refractivity contribution is 0.518. The van der Waals surface area contributed by atoms with Crippen LogP contribution in [0.3, 0.4) is 0 Å². The molecule has 0 aromatic heterocycles. The molecule has 0 bridgehead atoms. The predicted octanol–water partition coefficient (Wildman–Crippen LogP) is 2.73. The molecule has 6 heteroatoms. The first-order valence-corrected chi connectivity index (χ1v) is 9.57. The lowest BCUT2D eigenvalue weighted by Crippen LogP contribution is -2.33. The maximum atomic E-state index is 12.0.